The van der Waals surface area contributed by atoms with E-state index >= 15 is 0 Å². The number of piperidine rings is 1. The Balaban J connectivity index is 1.83. The van der Waals surface area contributed by atoms with Gasteiger partial charge in [-0.3, -0.25) is 0 Å². The molecule has 1 saturated heterocycles. The predicted octanol–water partition coefficient (Wildman–Crippen LogP) is 2.19. The lowest BCUT2D eigenvalue weighted by molar-refractivity contribution is 0.289. The van der Waals surface area contributed by atoms with E-state index < -0.39 is 0 Å². The molecule has 1 aromatic heterocycles. The quantitative estimate of drug-likeness (QED) is 0.841. The molecule has 2 aliphatic rings. The van der Waals surface area contributed by atoms with Crippen molar-refractivity contribution in [2.75, 3.05) is 31.1 Å². The summed E-state index contributed by atoms with van der Waals surface area (Å²) in [6.45, 7) is 9.31. The van der Waals surface area contributed by atoms with Crippen LogP contribution in [-0.4, -0.2) is 31.2 Å². The second kappa shape index (κ2) is 5.00. The Morgan fingerprint density at radius 2 is 2.26 bits per heavy atom. The van der Waals surface area contributed by atoms with Crippen LogP contribution in [0.5, 0.6) is 5.88 Å². The van der Waals surface area contributed by atoms with E-state index in [9.17, 15) is 0 Å². The van der Waals surface area contributed by atoms with Crippen molar-refractivity contribution in [3.8, 4) is 5.88 Å². The van der Waals surface area contributed by atoms with E-state index in [4.69, 9.17) is 9.72 Å². The third-order valence-electron chi connectivity index (χ3n) is 3.98. The zero-order chi connectivity index (χ0) is 13.3. The van der Waals surface area contributed by atoms with Gasteiger partial charge in [0.1, 0.15) is 12.4 Å². The lowest BCUT2D eigenvalue weighted by Gasteiger charge is -2.38. The first-order valence-electron chi connectivity index (χ1n) is 7.22. The minimum absolute atomic E-state index is 0.384. The highest BCUT2D eigenvalue weighted by Crippen LogP contribution is 2.32. The van der Waals surface area contributed by atoms with Crippen molar-refractivity contribution in [2.45, 2.75) is 33.2 Å². The number of hydrogen-bond acceptors (Lipinski definition) is 4. The Bertz CT molecular complexity index is 459. The van der Waals surface area contributed by atoms with E-state index in [1.54, 1.807) is 0 Å². The van der Waals surface area contributed by atoms with Crippen molar-refractivity contribution in [3.63, 3.8) is 0 Å². The molecule has 0 unspecified atom stereocenters. The molecule has 0 spiro atoms. The van der Waals surface area contributed by atoms with Gasteiger partial charge in [0.2, 0.25) is 5.88 Å². The van der Waals surface area contributed by atoms with Crippen LogP contribution in [0.15, 0.2) is 12.1 Å². The zero-order valence-corrected chi connectivity index (χ0v) is 11.9. The van der Waals surface area contributed by atoms with Crippen LogP contribution in [0.1, 0.15) is 32.3 Å². The number of rotatable bonds is 1. The molecular formula is C15H23N3O. The van der Waals surface area contributed by atoms with Gasteiger partial charge in [0.05, 0.1) is 0 Å². The standard InChI is InChI=1S/C15H23N3O/c1-15(2)6-3-8-18(11-15)13-5-4-12-10-16-7-9-19-14(12)17-13/h4-5,16H,3,6-11H2,1-2H3. The van der Waals surface area contributed by atoms with E-state index in [1.165, 1.54) is 12.8 Å². The molecule has 3 rings (SSSR count). The highest BCUT2D eigenvalue weighted by molar-refractivity contribution is 5.45. The van der Waals surface area contributed by atoms with Crippen molar-refractivity contribution in [2.24, 2.45) is 5.41 Å². The van der Waals surface area contributed by atoms with E-state index in [-0.39, 0.29) is 0 Å². The first-order valence-corrected chi connectivity index (χ1v) is 7.22. The van der Waals surface area contributed by atoms with Crippen LogP contribution >= 0.6 is 0 Å². The summed E-state index contributed by atoms with van der Waals surface area (Å²) in [5.74, 6) is 1.87. The van der Waals surface area contributed by atoms with Gasteiger partial charge < -0.3 is 15.0 Å². The van der Waals surface area contributed by atoms with E-state index in [2.05, 4.69) is 36.2 Å². The Hall–Kier alpha value is -1.29. The van der Waals surface area contributed by atoms with Crippen LogP contribution < -0.4 is 15.0 Å². The molecule has 0 radical (unpaired) electrons. The Morgan fingerprint density at radius 1 is 1.37 bits per heavy atom. The number of pyridine rings is 1. The number of fused-ring (bicyclic) bond motifs is 1. The van der Waals surface area contributed by atoms with Crippen LogP contribution in [-0.2, 0) is 6.54 Å². The lowest BCUT2D eigenvalue weighted by atomic mass is 9.84. The maximum absolute atomic E-state index is 5.73. The molecule has 2 aliphatic heterocycles. The van der Waals surface area contributed by atoms with Crippen molar-refractivity contribution in [3.05, 3.63) is 17.7 Å². The molecule has 0 bridgehead atoms. The minimum Gasteiger partial charge on any atom is -0.476 e. The highest BCUT2D eigenvalue weighted by atomic mass is 16.5. The van der Waals surface area contributed by atoms with Crippen molar-refractivity contribution in [1.82, 2.24) is 10.3 Å². The van der Waals surface area contributed by atoms with Crippen LogP contribution in [0.25, 0.3) is 0 Å². The van der Waals surface area contributed by atoms with Crippen LogP contribution in [0.4, 0.5) is 5.82 Å². The smallest absolute Gasteiger partial charge is 0.219 e. The molecule has 104 valence electrons. The summed E-state index contributed by atoms with van der Waals surface area (Å²) in [6, 6.07) is 4.29. The molecule has 0 aromatic carbocycles. The molecule has 4 nitrogen and oxygen atoms in total. The molecule has 1 fully saturated rings. The fourth-order valence-corrected chi connectivity index (χ4v) is 2.96. The van der Waals surface area contributed by atoms with Crippen molar-refractivity contribution >= 4 is 5.82 Å². The predicted molar refractivity (Wildman–Crippen MR) is 76.7 cm³/mol. The van der Waals surface area contributed by atoms with Gasteiger partial charge >= 0.3 is 0 Å². The van der Waals surface area contributed by atoms with Gasteiger partial charge in [-0.25, -0.2) is 0 Å². The highest BCUT2D eigenvalue weighted by Gasteiger charge is 2.27. The second-order valence-electron chi connectivity index (χ2n) is 6.35. The molecular weight excluding hydrogens is 238 g/mol. The van der Waals surface area contributed by atoms with Crippen LogP contribution in [0, 0.1) is 5.41 Å². The van der Waals surface area contributed by atoms with Crippen LogP contribution in [0.3, 0.4) is 0 Å². The van der Waals surface area contributed by atoms with Gasteiger partial charge in [0.25, 0.3) is 0 Å². The van der Waals surface area contributed by atoms with Crippen molar-refractivity contribution < 1.29 is 4.74 Å². The molecule has 1 aromatic rings. The molecule has 4 heteroatoms. The molecule has 0 saturated carbocycles. The van der Waals surface area contributed by atoms with Crippen molar-refractivity contribution in [1.29, 1.82) is 0 Å². The minimum atomic E-state index is 0.384. The van der Waals surface area contributed by atoms with E-state index in [0.717, 1.165) is 43.4 Å². The summed E-state index contributed by atoms with van der Waals surface area (Å²) in [5.41, 5.74) is 1.55. The average Bonchev–Trinajstić information content (AvgIpc) is 2.61. The number of hydrogen-bond donors (Lipinski definition) is 1. The SMILES string of the molecule is CC1(C)CCCN(c2ccc3c(n2)OCCNC3)C1. The molecule has 19 heavy (non-hydrogen) atoms. The topological polar surface area (TPSA) is 37.4 Å². The number of aromatic nitrogens is 1. The molecule has 0 atom stereocenters. The fourth-order valence-electron chi connectivity index (χ4n) is 2.96. The monoisotopic (exact) mass is 261 g/mol. The Labute approximate surface area is 115 Å². The van der Waals surface area contributed by atoms with Gasteiger partial charge in [-0.15, -0.1) is 0 Å². The van der Waals surface area contributed by atoms with Gasteiger partial charge in [0, 0.05) is 31.7 Å². The molecule has 0 aliphatic carbocycles. The number of nitrogens with one attached hydrogen (secondary N) is 1. The van der Waals surface area contributed by atoms with Gasteiger partial charge in [0.15, 0.2) is 0 Å². The Kier molecular flexibility index (Phi) is 3.35. The third-order valence-corrected chi connectivity index (χ3v) is 3.98. The molecule has 3 heterocycles. The Morgan fingerprint density at radius 3 is 3.11 bits per heavy atom. The molecule has 1 N–H and O–H groups in total. The van der Waals surface area contributed by atoms with Gasteiger partial charge in [-0.1, -0.05) is 13.8 Å². The number of anilines is 1. The summed E-state index contributed by atoms with van der Waals surface area (Å²) in [6.07, 6.45) is 2.54. The summed E-state index contributed by atoms with van der Waals surface area (Å²) in [4.78, 5) is 7.12. The summed E-state index contributed by atoms with van der Waals surface area (Å²) in [7, 11) is 0. The largest absolute Gasteiger partial charge is 0.476 e. The average molecular weight is 261 g/mol. The fraction of sp³-hybridized carbons (Fsp3) is 0.667. The number of nitrogens with zero attached hydrogens (tertiary/aromatic N) is 2. The summed E-state index contributed by atoms with van der Waals surface area (Å²) >= 11 is 0. The third kappa shape index (κ3) is 2.84. The first kappa shape index (κ1) is 12.7. The van der Waals surface area contributed by atoms with Gasteiger partial charge in [-0.2, -0.15) is 4.98 Å². The van der Waals surface area contributed by atoms with E-state index in [1.807, 2.05) is 0 Å². The molecule has 0 amide bonds. The van der Waals surface area contributed by atoms with E-state index in [0.29, 0.717) is 12.0 Å². The summed E-state index contributed by atoms with van der Waals surface area (Å²) in [5, 5.41) is 3.34. The van der Waals surface area contributed by atoms with Gasteiger partial charge in [-0.05, 0) is 30.4 Å². The second-order valence-corrected chi connectivity index (χ2v) is 6.35. The maximum Gasteiger partial charge on any atom is 0.219 e. The zero-order valence-electron chi connectivity index (χ0n) is 11.9. The maximum atomic E-state index is 5.73. The normalized spacial score (nSPS) is 22.3. The number of ether oxygens (including phenoxy) is 1. The lowest BCUT2D eigenvalue weighted by Crippen LogP contribution is -2.40. The van der Waals surface area contributed by atoms with Crippen LogP contribution in [0.2, 0.25) is 0 Å². The first-order chi connectivity index (χ1) is 9.14. The summed E-state index contributed by atoms with van der Waals surface area (Å²) < 4.78 is 5.73.